The van der Waals surface area contributed by atoms with E-state index in [1.807, 2.05) is 56.5 Å². The summed E-state index contributed by atoms with van der Waals surface area (Å²) in [5, 5.41) is 5.07. The van der Waals surface area contributed by atoms with E-state index in [-0.39, 0.29) is 11.5 Å². The second-order valence-corrected chi connectivity index (χ2v) is 7.01. The van der Waals surface area contributed by atoms with E-state index in [9.17, 15) is 9.59 Å². The van der Waals surface area contributed by atoms with Crippen molar-refractivity contribution in [2.24, 2.45) is 0 Å². The molecule has 1 aliphatic rings. The maximum Gasteiger partial charge on any atom is 0.325 e. The first-order valence-corrected chi connectivity index (χ1v) is 9.85. The Morgan fingerprint density at radius 2 is 2.11 bits per heavy atom. The number of nitrogens with zero attached hydrogens (tertiary/aromatic N) is 3. The Morgan fingerprint density at radius 3 is 2.78 bits per heavy atom. The highest BCUT2D eigenvalue weighted by molar-refractivity contribution is 7.98. The molecule has 0 spiro atoms. The van der Waals surface area contributed by atoms with E-state index >= 15 is 0 Å². The zero-order valence-electron chi connectivity index (χ0n) is 15.2. The summed E-state index contributed by atoms with van der Waals surface area (Å²) >= 11 is 1.33. The summed E-state index contributed by atoms with van der Waals surface area (Å²) in [4.78, 5) is 30.3. The lowest BCUT2D eigenvalue weighted by molar-refractivity contribution is -0.764. The van der Waals surface area contributed by atoms with Crippen LogP contribution in [-0.2, 0) is 4.79 Å². The normalized spacial score (nSPS) is 15.4. The topological polar surface area (TPSA) is 83.1 Å². The van der Waals surface area contributed by atoms with Crippen molar-refractivity contribution in [2.45, 2.75) is 31.6 Å². The van der Waals surface area contributed by atoms with Gasteiger partial charge in [-0.3, -0.25) is 14.6 Å². The standard InChI is InChI=1S/C19H18N4O3S/c1-4-15(24)22-13-8-6-5-7-12(13)16-17(25)20-19(27-3)21-23(16)18(22)14-10-9-11(2)26-14/h5-10,18H,4H2,1-3H3/p+1. The average Bonchev–Trinajstić information content (AvgIpc) is 3.11. The first-order valence-electron chi connectivity index (χ1n) is 8.63. The van der Waals surface area contributed by atoms with Crippen molar-refractivity contribution >= 4 is 23.4 Å². The van der Waals surface area contributed by atoms with Crippen molar-refractivity contribution in [1.29, 1.82) is 0 Å². The molecular formula is C19H19N4O3S+. The van der Waals surface area contributed by atoms with Crippen molar-refractivity contribution in [1.82, 2.24) is 10.1 Å². The molecule has 1 aliphatic heterocycles. The molecule has 0 aliphatic carbocycles. The highest BCUT2D eigenvalue weighted by Crippen LogP contribution is 2.37. The molecule has 1 aromatic carbocycles. The molecule has 0 saturated heterocycles. The van der Waals surface area contributed by atoms with Crippen molar-refractivity contribution in [3.05, 3.63) is 58.3 Å². The quantitative estimate of drug-likeness (QED) is 0.555. The number of anilines is 1. The highest BCUT2D eigenvalue weighted by Gasteiger charge is 2.46. The summed E-state index contributed by atoms with van der Waals surface area (Å²) in [6, 6.07) is 11.0. The summed E-state index contributed by atoms with van der Waals surface area (Å²) in [5.41, 5.74) is 1.49. The van der Waals surface area contributed by atoms with E-state index in [0.717, 1.165) is 5.76 Å². The number of rotatable bonds is 3. The van der Waals surface area contributed by atoms with Crippen LogP contribution in [0.1, 0.15) is 31.0 Å². The highest BCUT2D eigenvalue weighted by atomic mass is 32.2. The predicted octanol–water partition coefficient (Wildman–Crippen LogP) is 2.65. The molecule has 138 valence electrons. The Bertz CT molecular complexity index is 1090. The largest absolute Gasteiger partial charge is 0.457 e. The first kappa shape index (κ1) is 17.5. The van der Waals surface area contributed by atoms with Crippen molar-refractivity contribution in [3.8, 4) is 11.3 Å². The molecule has 3 heterocycles. The average molecular weight is 383 g/mol. The summed E-state index contributed by atoms with van der Waals surface area (Å²) in [7, 11) is 0. The fourth-order valence-electron chi connectivity index (χ4n) is 3.35. The summed E-state index contributed by atoms with van der Waals surface area (Å²) in [6.07, 6.45) is 1.49. The second kappa shape index (κ2) is 6.70. The van der Waals surface area contributed by atoms with E-state index in [0.29, 0.717) is 34.3 Å². The minimum atomic E-state index is -0.663. The van der Waals surface area contributed by atoms with E-state index in [1.54, 1.807) is 9.58 Å². The van der Waals surface area contributed by atoms with Gasteiger partial charge in [-0.15, -0.1) is 0 Å². The van der Waals surface area contributed by atoms with Crippen LogP contribution in [-0.4, -0.2) is 22.2 Å². The number of benzene rings is 1. The second-order valence-electron chi connectivity index (χ2n) is 6.21. The fourth-order valence-corrected chi connectivity index (χ4v) is 3.72. The molecule has 1 atom stereocenters. The van der Waals surface area contributed by atoms with Crippen LogP contribution in [0.4, 0.5) is 5.69 Å². The van der Waals surface area contributed by atoms with Crippen molar-refractivity contribution < 1.29 is 13.9 Å². The number of hydrogen-bond donors (Lipinski definition) is 1. The van der Waals surface area contributed by atoms with Crippen LogP contribution in [0.5, 0.6) is 0 Å². The van der Waals surface area contributed by atoms with Gasteiger partial charge in [0.15, 0.2) is 5.76 Å². The zero-order valence-corrected chi connectivity index (χ0v) is 16.0. The van der Waals surface area contributed by atoms with Gasteiger partial charge in [0.25, 0.3) is 0 Å². The van der Waals surface area contributed by atoms with Crippen LogP contribution >= 0.6 is 11.8 Å². The third kappa shape index (κ3) is 2.76. The molecule has 8 heteroatoms. The van der Waals surface area contributed by atoms with Gasteiger partial charge in [0.1, 0.15) is 5.76 Å². The number of amides is 1. The smallest absolute Gasteiger partial charge is 0.325 e. The van der Waals surface area contributed by atoms with Crippen LogP contribution in [0.2, 0.25) is 0 Å². The lowest BCUT2D eigenvalue weighted by atomic mass is 10.0. The molecule has 1 unspecified atom stereocenters. The number of carbonyl (C=O) groups is 1. The first-order chi connectivity index (χ1) is 13.0. The van der Waals surface area contributed by atoms with Gasteiger partial charge < -0.3 is 4.42 Å². The molecule has 0 saturated carbocycles. The SMILES string of the molecule is CCC(=O)N1c2ccccc2-c2c(=O)[nH]c(SC)n[n+]2C1c1ccc(C)o1. The number of hydrogen-bond acceptors (Lipinski definition) is 5. The Kier molecular flexibility index (Phi) is 4.35. The molecule has 27 heavy (non-hydrogen) atoms. The molecule has 4 rings (SSSR count). The minimum absolute atomic E-state index is 0.0764. The van der Waals surface area contributed by atoms with Gasteiger partial charge in [-0.1, -0.05) is 30.8 Å². The van der Waals surface area contributed by atoms with Gasteiger partial charge in [-0.2, -0.15) is 0 Å². The number of furan rings is 1. The molecule has 0 radical (unpaired) electrons. The Morgan fingerprint density at radius 1 is 1.33 bits per heavy atom. The Hall–Kier alpha value is -2.87. The molecule has 0 bridgehead atoms. The molecule has 1 N–H and O–H groups in total. The molecule has 0 fully saturated rings. The minimum Gasteiger partial charge on any atom is -0.457 e. The van der Waals surface area contributed by atoms with Gasteiger partial charge in [0.2, 0.25) is 11.1 Å². The number of H-pyrrole nitrogens is 1. The van der Waals surface area contributed by atoms with Gasteiger partial charge >= 0.3 is 17.4 Å². The number of para-hydroxylation sites is 1. The van der Waals surface area contributed by atoms with Crippen LogP contribution in [0.3, 0.4) is 0 Å². The molecule has 1 amide bonds. The zero-order chi connectivity index (χ0) is 19.1. The maximum atomic E-state index is 12.9. The molecule has 3 aromatic rings. The molecule has 2 aromatic heterocycles. The van der Waals surface area contributed by atoms with E-state index in [2.05, 4.69) is 10.1 Å². The summed E-state index contributed by atoms with van der Waals surface area (Å²) in [5.74, 6) is 1.21. The van der Waals surface area contributed by atoms with E-state index in [4.69, 9.17) is 4.42 Å². The Labute approximate surface area is 160 Å². The molecule has 7 nitrogen and oxygen atoms in total. The fraction of sp³-hybridized carbons (Fsp3) is 0.263. The number of aromatic amines is 1. The summed E-state index contributed by atoms with van der Waals surface area (Å²) < 4.78 is 7.46. The monoisotopic (exact) mass is 383 g/mol. The van der Waals surface area contributed by atoms with Gasteiger partial charge in [-0.25, -0.2) is 4.90 Å². The number of carbonyl (C=O) groups excluding carboxylic acids is 1. The number of thioether (sulfide) groups is 1. The third-order valence-electron chi connectivity index (χ3n) is 4.54. The van der Waals surface area contributed by atoms with E-state index in [1.165, 1.54) is 11.8 Å². The predicted molar refractivity (Wildman–Crippen MR) is 102 cm³/mol. The van der Waals surface area contributed by atoms with E-state index < -0.39 is 6.17 Å². The number of nitrogens with one attached hydrogen (secondary N) is 1. The lowest BCUT2D eigenvalue weighted by Crippen LogP contribution is -2.60. The van der Waals surface area contributed by atoms with Gasteiger partial charge in [0.05, 0.1) is 11.3 Å². The number of fused-ring (bicyclic) bond motifs is 3. The summed E-state index contributed by atoms with van der Waals surface area (Å²) in [6.45, 7) is 3.66. The van der Waals surface area contributed by atoms with Crippen molar-refractivity contribution in [2.75, 3.05) is 11.2 Å². The van der Waals surface area contributed by atoms with Crippen LogP contribution in [0.25, 0.3) is 11.3 Å². The maximum absolute atomic E-state index is 12.9. The van der Waals surface area contributed by atoms with Crippen molar-refractivity contribution in [3.63, 3.8) is 0 Å². The van der Waals surface area contributed by atoms with Crippen LogP contribution in [0, 0.1) is 6.92 Å². The van der Waals surface area contributed by atoms with Gasteiger partial charge in [-0.05, 0) is 42.1 Å². The third-order valence-corrected chi connectivity index (χ3v) is 5.11. The van der Waals surface area contributed by atoms with Gasteiger partial charge in [0, 0.05) is 11.5 Å². The number of aromatic nitrogens is 3. The Balaban J connectivity index is 2.09. The van der Waals surface area contributed by atoms with Crippen LogP contribution < -0.4 is 15.1 Å². The van der Waals surface area contributed by atoms with Crippen LogP contribution in [0.15, 0.2) is 50.8 Å². The molecular weight excluding hydrogens is 364 g/mol. The lowest BCUT2D eigenvalue weighted by Gasteiger charge is -2.30. The number of aryl methyl sites for hydroxylation is 1.